The quantitative estimate of drug-likeness (QED) is 0.687. The molecular weight excluding hydrogens is 279 g/mol. The van der Waals surface area contributed by atoms with Crippen molar-refractivity contribution in [1.29, 1.82) is 0 Å². The number of hydrogen-bond donors (Lipinski definition) is 1. The molecule has 1 aromatic carbocycles. The van der Waals surface area contributed by atoms with Crippen molar-refractivity contribution in [1.82, 2.24) is 10.1 Å². The van der Waals surface area contributed by atoms with E-state index in [0.29, 0.717) is 5.82 Å². The average Bonchev–Trinajstić information content (AvgIpc) is 2.84. The van der Waals surface area contributed by atoms with E-state index < -0.39 is 16.3 Å². The molecule has 2 aromatic rings. The fraction of sp³-hybridized carbons (Fsp3) is 0.385. The van der Waals surface area contributed by atoms with E-state index in [0.717, 1.165) is 31.4 Å². The van der Waals surface area contributed by atoms with Gasteiger partial charge in [0.1, 0.15) is 11.4 Å². The van der Waals surface area contributed by atoms with Gasteiger partial charge in [-0.2, -0.15) is 4.98 Å². The van der Waals surface area contributed by atoms with E-state index in [1.807, 2.05) is 0 Å². The smallest absolute Gasteiger partial charge is 0.285 e. The lowest BCUT2D eigenvalue weighted by molar-refractivity contribution is -0.384. The molecule has 0 unspecified atom stereocenters. The lowest BCUT2D eigenvalue weighted by atomic mass is 9.77. The average molecular weight is 292 g/mol. The molecule has 1 fully saturated rings. The van der Waals surface area contributed by atoms with Crippen molar-refractivity contribution in [3.8, 4) is 11.5 Å². The first-order valence-electron chi connectivity index (χ1n) is 6.49. The van der Waals surface area contributed by atoms with Gasteiger partial charge in [-0.25, -0.2) is 4.39 Å². The standard InChI is InChI=1S/C13H13FN4O3/c1-7-5-8(14)6-9(10(7)18(19)20)11-16-12(17-21-11)13(15)3-2-4-13/h5-6H,2-4,15H2,1H3. The zero-order valence-electron chi connectivity index (χ0n) is 11.3. The van der Waals surface area contributed by atoms with Crippen LogP contribution in [0.3, 0.4) is 0 Å². The molecule has 7 nitrogen and oxygen atoms in total. The van der Waals surface area contributed by atoms with Gasteiger partial charge in [0.25, 0.3) is 11.6 Å². The third kappa shape index (κ3) is 2.17. The Kier molecular flexibility index (Phi) is 2.98. The Morgan fingerprint density at radius 2 is 2.19 bits per heavy atom. The second kappa shape index (κ2) is 4.59. The van der Waals surface area contributed by atoms with E-state index in [-0.39, 0.29) is 22.7 Å². The van der Waals surface area contributed by atoms with Crippen LogP contribution in [-0.2, 0) is 5.54 Å². The largest absolute Gasteiger partial charge is 0.334 e. The van der Waals surface area contributed by atoms with Crippen molar-refractivity contribution in [2.24, 2.45) is 5.73 Å². The Hall–Kier alpha value is -2.35. The van der Waals surface area contributed by atoms with Gasteiger partial charge in [0.2, 0.25) is 0 Å². The molecule has 21 heavy (non-hydrogen) atoms. The molecule has 0 saturated heterocycles. The summed E-state index contributed by atoms with van der Waals surface area (Å²) in [6, 6.07) is 2.11. The molecule has 3 rings (SSSR count). The zero-order valence-corrected chi connectivity index (χ0v) is 11.3. The molecule has 0 spiro atoms. The summed E-state index contributed by atoms with van der Waals surface area (Å²) in [4.78, 5) is 14.7. The first kappa shape index (κ1) is 13.6. The van der Waals surface area contributed by atoms with Gasteiger partial charge in [0.05, 0.1) is 10.5 Å². The van der Waals surface area contributed by atoms with E-state index in [2.05, 4.69) is 10.1 Å². The molecule has 0 atom stereocenters. The minimum Gasteiger partial charge on any atom is -0.334 e. The van der Waals surface area contributed by atoms with E-state index in [1.54, 1.807) is 0 Å². The van der Waals surface area contributed by atoms with E-state index in [9.17, 15) is 14.5 Å². The van der Waals surface area contributed by atoms with Crippen molar-refractivity contribution in [2.75, 3.05) is 0 Å². The zero-order chi connectivity index (χ0) is 15.2. The van der Waals surface area contributed by atoms with Crippen LogP contribution in [0.4, 0.5) is 10.1 Å². The Bertz CT molecular complexity index is 724. The van der Waals surface area contributed by atoms with Gasteiger partial charge >= 0.3 is 0 Å². The number of nitrogens with zero attached hydrogens (tertiary/aromatic N) is 3. The van der Waals surface area contributed by atoms with Crippen molar-refractivity contribution < 1.29 is 13.8 Å². The highest BCUT2D eigenvalue weighted by molar-refractivity contribution is 5.69. The van der Waals surface area contributed by atoms with Crippen molar-refractivity contribution >= 4 is 5.69 Å². The number of benzene rings is 1. The Labute approximate surface area is 119 Å². The maximum absolute atomic E-state index is 13.5. The molecule has 1 aromatic heterocycles. The molecule has 8 heteroatoms. The minimum atomic E-state index is -0.640. The van der Waals surface area contributed by atoms with Crippen LogP contribution in [0.2, 0.25) is 0 Å². The Morgan fingerprint density at radius 1 is 1.48 bits per heavy atom. The van der Waals surface area contributed by atoms with Crippen LogP contribution in [0.5, 0.6) is 0 Å². The summed E-state index contributed by atoms with van der Waals surface area (Å²) < 4.78 is 18.6. The van der Waals surface area contributed by atoms with Gasteiger partial charge in [-0.3, -0.25) is 10.1 Å². The van der Waals surface area contributed by atoms with Crippen LogP contribution in [-0.4, -0.2) is 15.1 Å². The Balaban J connectivity index is 2.10. The fourth-order valence-corrected chi connectivity index (χ4v) is 2.46. The minimum absolute atomic E-state index is 0.0285. The number of nitro benzene ring substituents is 1. The Morgan fingerprint density at radius 3 is 2.76 bits per heavy atom. The van der Waals surface area contributed by atoms with E-state index in [4.69, 9.17) is 10.3 Å². The summed E-state index contributed by atoms with van der Waals surface area (Å²) >= 11 is 0. The molecule has 110 valence electrons. The summed E-state index contributed by atoms with van der Waals surface area (Å²) in [6.45, 7) is 1.46. The molecule has 2 N–H and O–H groups in total. The first-order valence-corrected chi connectivity index (χ1v) is 6.49. The number of aryl methyl sites for hydroxylation is 1. The van der Waals surface area contributed by atoms with Crippen LogP contribution in [0, 0.1) is 22.9 Å². The third-order valence-electron chi connectivity index (χ3n) is 3.80. The monoisotopic (exact) mass is 292 g/mol. The number of nitrogens with two attached hydrogens (primary N) is 1. The first-order chi connectivity index (χ1) is 9.90. The van der Waals surface area contributed by atoms with Gasteiger partial charge in [0, 0.05) is 5.56 Å². The van der Waals surface area contributed by atoms with Crippen LogP contribution in [0.1, 0.15) is 30.7 Å². The summed E-state index contributed by atoms with van der Waals surface area (Å²) in [5.41, 5.74) is 5.36. The topological polar surface area (TPSA) is 108 Å². The summed E-state index contributed by atoms with van der Waals surface area (Å²) in [7, 11) is 0. The van der Waals surface area contributed by atoms with Crippen LogP contribution >= 0.6 is 0 Å². The van der Waals surface area contributed by atoms with Crippen molar-refractivity contribution in [3.05, 3.63) is 39.5 Å². The van der Waals surface area contributed by atoms with Crippen molar-refractivity contribution in [2.45, 2.75) is 31.7 Å². The second-order valence-corrected chi connectivity index (χ2v) is 5.31. The highest BCUT2D eigenvalue weighted by Crippen LogP contribution is 2.39. The van der Waals surface area contributed by atoms with Crippen LogP contribution < -0.4 is 5.73 Å². The molecule has 1 aliphatic rings. The van der Waals surface area contributed by atoms with Crippen LogP contribution in [0.25, 0.3) is 11.5 Å². The second-order valence-electron chi connectivity index (χ2n) is 5.31. The summed E-state index contributed by atoms with van der Waals surface area (Å²) in [5.74, 6) is -0.380. The number of halogens is 1. The van der Waals surface area contributed by atoms with Gasteiger partial charge in [-0.05, 0) is 38.3 Å². The number of rotatable bonds is 3. The molecule has 0 aliphatic heterocycles. The molecule has 0 amide bonds. The lowest BCUT2D eigenvalue weighted by Gasteiger charge is -2.34. The van der Waals surface area contributed by atoms with Crippen molar-refractivity contribution in [3.63, 3.8) is 0 Å². The van der Waals surface area contributed by atoms with Gasteiger partial charge in [-0.15, -0.1) is 0 Å². The van der Waals surface area contributed by atoms with Gasteiger partial charge < -0.3 is 10.3 Å². The molecule has 1 saturated carbocycles. The maximum atomic E-state index is 13.5. The fourth-order valence-electron chi connectivity index (χ4n) is 2.46. The van der Waals surface area contributed by atoms with Gasteiger partial charge in [0.15, 0.2) is 5.82 Å². The number of aromatic nitrogens is 2. The lowest BCUT2D eigenvalue weighted by Crippen LogP contribution is -2.44. The van der Waals surface area contributed by atoms with E-state index in [1.165, 1.54) is 6.92 Å². The normalized spacial score (nSPS) is 16.5. The summed E-state index contributed by atoms with van der Waals surface area (Å²) in [6.07, 6.45) is 2.44. The third-order valence-corrected chi connectivity index (χ3v) is 3.80. The maximum Gasteiger partial charge on any atom is 0.285 e. The van der Waals surface area contributed by atoms with E-state index >= 15 is 0 Å². The molecule has 1 aliphatic carbocycles. The predicted octanol–water partition coefficient (Wildman–Crippen LogP) is 2.43. The molecule has 0 radical (unpaired) electrons. The molecule has 1 heterocycles. The molecular formula is C13H13FN4O3. The SMILES string of the molecule is Cc1cc(F)cc(-c2nc(C3(N)CCC3)no2)c1[N+](=O)[O-]. The number of nitro groups is 1. The highest BCUT2D eigenvalue weighted by Gasteiger charge is 2.39. The highest BCUT2D eigenvalue weighted by atomic mass is 19.1. The summed E-state index contributed by atoms with van der Waals surface area (Å²) in [5, 5.41) is 15.0. The molecule has 0 bridgehead atoms. The number of hydrogen-bond acceptors (Lipinski definition) is 6. The van der Waals surface area contributed by atoms with Crippen LogP contribution in [0.15, 0.2) is 16.7 Å². The predicted molar refractivity (Wildman–Crippen MR) is 70.8 cm³/mol. The van der Waals surface area contributed by atoms with Gasteiger partial charge in [-0.1, -0.05) is 5.16 Å².